The van der Waals surface area contributed by atoms with Crippen molar-refractivity contribution in [3.63, 3.8) is 0 Å². The molecule has 2 aromatic heterocycles. The van der Waals surface area contributed by atoms with Gasteiger partial charge in [0.25, 0.3) is 5.56 Å². The number of fused-ring (bicyclic) bond motifs is 1. The van der Waals surface area contributed by atoms with Crippen LogP contribution < -0.4 is 10.5 Å². The van der Waals surface area contributed by atoms with Gasteiger partial charge in [-0.15, -0.1) is 5.10 Å². The highest BCUT2D eigenvalue weighted by Gasteiger charge is 2.25. The van der Waals surface area contributed by atoms with E-state index >= 15 is 0 Å². The molecule has 4 rings (SSSR count). The quantitative estimate of drug-likeness (QED) is 0.815. The van der Waals surface area contributed by atoms with Gasteiger partial charge in [0.2, 0.25) is 10.1 Å². The number of anilines is 1. The normalized spacial score (nSPS) is 22.6. The van der Waals surface area contributed by atoms with E-state index in [1.165, 1.54) is 28.7 Å². The van der Waals surface area contributed by atoms with Crippen LogP contribution in [-0.2, 0) is 11.2 Å². The Morgan fingerprint density at radius 3 is 2.96 bits per heavy atom. The number of piperidine rings is 1. The van der Waals surface area contributed by atoms with Gasteiger partial charge in [-0.3, -0.25) is 9.69 Å². The minimum absolute atomic E-state index is 0.0776. The Balaban J connectivity index is 1.49. The van der Waals surface area contributed by atoms with Crippen molar-refractivity contribution in [2.24, 2.45) is 5.92 Å². The molecule has 1 unspecified atom stereocenters. The van der Waals surface area contributed by atoms with Crippen LogP contribution in [0.5, 0.6) is 0 Å². The van der Waals surface area contributed by atoms with Crippen molar-refractivity contribution in [3.8, 4) is 0 Å². The lowest BCUT2D eigenvalue weighted by Crippen LogP contribution is -2.44. The molecule has 2 saturated heterocycles. The Morgan fingerprint density at radius 2 is 2.16 bits per heavy atom. The van der Waals surface area contributed by atoms with E-state index in [9.17, 15) is 4.79 Å². The molecule has 0 radical (unpaired) electrons. The fourth-order valence-electron chi connectivity index (χ4n) is 3.69. The highest BCUT2D eigenvalue weighted by atomic mass is 32.1. The SMILES string of the molecule is CCc1cc(=O)n2nc(N3CCCC(CN4CCOCC4)C3)sc2n1. The van der Waals surface area contributed by atoms with E-state index < -0.39 is 0 Å². The maximum atomic E-state index is 12.2. The van der Waals surface area contributed by atoms with Gasteiger partial charge in [0.1, 0.15) is 0 Å². The summed E-state index contributed by atoms with van der Waals surface area (Å²) in [5.74, 6) is 0.648. The molecule has 136 valence electrons. The topological polar surface area (TPSA) is 63.0 Å². The molecule has 0 N–H and O–H groups in total. The number of aromatic nitrogens is 3. The van der Waals surface area contributed by atoms with Gasteiger partial charge >= 0.3 is 0 Å². The summed E-state index contributed by atoms with van der Waals surface area (Å²) in [6, 6.07) is 1.59. The summed E-state index contributed by atoms with van der Waals surface area (Å²) in [7, 11) is 0. The van der Waals surface area contributed by atoms with Gasteiger partial charge < -0.3 is 9.64 Å². The van der Waals surface area contributed by atoms with Crippen LogP contribution in [0.1, 0.15) is 25.5 Å². The van der Waals surface area contributed by atoms with Crippen LogP contribution in [-0.4, -0.2) is 65.4 Å². The molecule has 2 aromatic rings. The molecule has 1 atom stereocenters. The van der Waals surface area contributed by atoms with Crippen molar-refractivity contribution < 1.29 is 4.74 Å². The Hall–Kier alpha value is -1.51. The molecule has 25 heavy (non-hydrogen) atoms. The van der Waals surface area contributed by atoms with Crippen LogP contribution in [0.4, 0.5) is 5.13 Å². The summed E-state index contributed by atoms with van der Waals surface area (Å²) in [4.78, 5) is 22.3. The minimum Gasteiger partial charge on any atom is -0.379 e. The Morgan fingerprint density at radius 1 is 1.32 bits per heavy atom. The lowest BCUT2D eigenvalue weighted by Gasteiger charge is -2.36. The van der Waals surface area contributed by atoms with E-state index in [0.717, 1.165) is 63.2 Å². The van der Waals surface area contributed by atoms with E-state index in [1.807, 2.05) is 6.92 Å². The molecule has 4 heterocycles. The van der Waals surface area contributed by atoms with Crippen molar-refractivity contribution in [3.05, 3.63) is 22.1 Å². The highest BCUT2D eigenvalue weighted by molar-refractivity contribution is 7.20. The monoisotopic (exact) mass is 363 g/mol. The van der Waals surface area contributed by atoms with Crippen molar-refractivity contribution in [2.75, 3.05) is 50.8 Å². The molecule has 0 spiro atoms. The van der Waals surface area contributed by atoms with E-state index in [1.54, 1.807) is 6.07 Å². The van der Waals surface area contributed by atoms with Gasteiger partial charge in [-0.25, -0.2) is 4.98 Å². The third-order valence-corrected chi connectivity index (χ3v) is 6.03. The summed E-state index contributed by atoms with van der Waals surface area (Å²) < 4.78 is 6.89. The fraction of sp³-hybridized carbons (Fsp3) is 0.706. The van der Waals surface area contributed by atoms with Crippen LogP contribution in [0.15, 0.2) is 10.9 Å². The molecule has 0 bridgehead atoms. The predicted molar refractivity (Wildman–Crippen MR) is 98.7 cm³/mol. The zero-order valence-electron chi connectivity index (χ0n) is 14.7. The van der Waals surface area contributed by atoms with E-state index in [0.29, 0.717) is 10.9 Å². The Labute approximate surface area is 151 Å². The Kier molecular flexibility index (Phi) is 5.00. The number of rotatable bonds is 4. The fourth-order valence-corrected chi connectivity index (χ4v) is 4.65. The molecule has 8 heteroatoms. The van der Waals surface area contributed by atoms with Crippen LogP contribution >= 0.6 is 11.3 Å². The second kappa shape index (κ2) is 7.39. The van der Waals surface area contributed by atoms with Crippen molar-refractivity contribution in [2.45, 2.75) is 26.2 Å². The zero-order valence-corrected chi connectivity index (χ0v) is 15.5. The predicted octanol–water partition coefficient (Wildman–Crippen LogP) is 1.26. The lowest BCUT2D eigenvalue weighted by atomic mass is 9.97. The summed E-state index contributed by atoms with van der Waals surface area (Å²) >= 11 is 1.53. The molecule has 0 aliphatic carbocycles. The highest BCUT2D eigenvalue weighted by Crippen LogP contribution is 2.27. The zero-order chi connectivity index (χ0) is 17.2. The molecular weight excluding hydrogens is 338 g/mol. The maximum absolute atomic E-state index is 12.2. The van der Waals surface area contributed by atoms with Crippen molar-refractivity contribution in [1.29, 1.82) is 0 Å². The molecule has 2 fully saturated rings. The molecule has 0 aromatic carbocycles. The van der Waals surface area contributed by atoms with E-state index in [2.05, 4.69) is 19.9 Å². The van der Waals surface area contributed by atoms with Gasteiger partial charge in [0, 0.05) is 44.5 Å². The average molecular weight is 363 g/mol. The smallest absolute Gasteiger partial charge is 0.275 e. The van der Waals surface area contributed by atoms with Gasteiger partial charge in [-0.05, 0) is 25.2 Å². The number of ether oxygens (including phenoxy) is 1. The first-order valence-electron chi connectivity index (χ1n) is 9.18. The van der Waals surface area contributed by atoms with Crippen LogP contribution in [0.2, 0.25) is 0 Å². The third-order valence-electron chi connectivity index (χ3n) is 5.06. The van der Waals surface area contributed by atoms with E-state index in [4.69, 9.17) is 4.74 Å². The molecule has 0 amide bonds. The maximum Gasteiger partial charge on any atom is 0.275 e. The molecule has 0 saturated carbocycles. The minimum atomic E-state index is -0.0776. The molecule has 7 nitrogen and oxygen atoms in total. The van der Waals surface area contributed by atoms with Gasteiger partial charge in [-0.2, -0.15) is 4.52 Å². The summed E-state index contributed by atoms with van der Waals surface area (Å²) in [5, 5.41) is 5.47. The average Bonchev–Trinajstić information content (AvgIpc) is 3.07. The largest absolute Gasteiger partial charge is 0.379 e. The molecule has 2 aliphatic rings. The lowest BCUT2D eigenvalue weighted by molar-refractivity contribution is 0.0296. The molecular formula is C17H25N5O2S. The first-order valence-corrected chi connectivity index (χ1v) is 9.99. The van der Waals surface area contributed by atoms with E-state index in [-0.39, 0.29) is 5.56 Å². The van der Waals surface area contributed by atoms with Gasteiger partial charge in [-0.1, -0.05) is 18.3 Å². The van der Waals surface area contributed by atoms with Crippen LogP contribution in [0.25, 0.3) is 4.96 Å². The third kappa shape index (κ3) is 3.70. The number of morpholine rings is 1. The first-order chi connectivity index (χ1) is 12.2. The number of hydrogen-bond acceptors (Lipinski definition) is 7. The first kappa shape index (κ1) is 16.9. The number of aryl methyl sites for hydroxylation is 1. The summed E-state index contributed by atoms with van der Waals surface area (Å²) in [6.07, 6.45) is 3.20. The van der Waals surface area contributed by atoms with Crippen molar-refractivity contribution in [1.82, 2.24) is 19.5 Å². The summed E-state index contributed by atoms with van der Waals surface area (Å²) in [6.45, 7) is 8.93. The van der Waals surface area contributed by atoms with Gasteiger partial charge in [0.15, 0.2) is 0 Å². The number of hydrogen-bond donors (Lipinski definition) is 0. The second-order valence-corrected chi connectivity index (χ2v) is 7.82. The van der Waals surface area contributed by atoms with Crippen molar-refractivity contribution >= 4 is 21.4 Å². The number of nitrogens with zero attached hydrogens (tertiary/aromatic N) is 5. The molecule has 2 aliphatic heterocycles. The summed E-state index contributed by atoms with van der Waals surface area (Å²) in [5.41, 5.74) is 0.760. The second-order valence-electron chi connectivity index (χ2n) is 6.89. The Bertz CT molecular complexity index is 783. The standard InChI is InChI=1S/C17H25N5O2S/c1-2-14-10-15(23)22-16(18-14)25-17(19-22)21-5-3-4-13(12-21)11-20-6-8-24-9-7-20/h10,13H,2-9,11-12H2,1H3. The van der Waals surface area contributed by atoms with Crippen LogP contribution in [0, 0.1) is 5.92 Å². The van der Waals surface area contributed by atoms with Gasteiger partial charge in [0.05, 0.1) is 13.2 Å². The van der Waals surface area contributed by atoms with Crippen LogP contribution in [0.3, 0.4) is 0 Å².